The quantitative estimate of drug-likeness (QED) is 0.893. The highest BCUT2D eigenvalue weighted by Gasteiger charge is 2.37. The molecule has 4 heteroatoms. The summed E-state index contributed by atoms with van der Waals surface area (Å²) in [6.45, 7) is 11.9. The van der Waals surface area contributed by atoms with Crippen LogP contribution in [0.3, 0.4) is 0 Å². The Labute approximate surface area is 115 Å². The summed E-state index contributed by atoms with van der Waals surface area (Å²) < 4.78 is 0. The largest absolute Gasteiger partial charge is 0.309 e. The van der Waals surface area contributed by atoms with E-state index in [4.69, 9.17) is 11.6 Å². The van der Waals surface area contributed by atoms with Gasteiger partial charge in [-0.2, -0.15) is 0 Å². The van der Waals surface area contributed by atoms with Crippen molar-refractivity contribution < 1.29 is 0 Å². The summed E-state index contributed by atoms with van der Waals surface area (Å²) in [5.74, 6) is 0. The molecule has 1 aliphatic heterocycles. The maximum Gasteiger partial charge on any atom is 0.0634 e. The Kier molecular flexibility index (Phi) is 3.67. The molecule has 1 aromatic rings. The lowest BCUT2D eigenvalue weighted by Crippen LogP contribution is -2.65. The minimum absolute atomic E-state index is 0.141. The van der Waals surface area contributed by atoms with Gasteiger partial charge in [0.2, 0.25) is 0 Å². The molecule has 0 aromatic carbocycles. The number of nitrogens with zero attached hydrogens (tertiary/aromatic N) is 2. The van der Waals surface area contributed by atoms with Crippen LogP contribution in [0.1, 0.15) is 33.3 Å². The van der Waals surface area contributed by atoms with Gasteiger partial charge in [0.15, 0.2) is 0 Å². The van der Waals surface area contributed by atoms with E-state index >= 15 is 0 Å². The van der Waals surface area contributed by atoms with Crippen LogP contribution in [-0.2, 0) is 6.54 Å². The van der Waals surface area contributed by atoms with Gasteiger partial charge in [-0.3, -0.25) is 9.88 Å². The summed E-state index contributed by atoms with van der Waals surface area (Å²) in [7, 11) is 0. The number of nitrogens with one attached hydrogen (secondary N) is 1. The van der Waals surface area contributed by atoms with Crippen LogP contribution in [0, 0.1) is 0 Å². The summed E-state index contributed by atoms with van der Waals surface area (Å²) in [5.41, 5.74) is 1.44. The molecule has 0 amide bonds. The second kappa shape index (κ2) is 4.80. The second-order valence-corrected chi connectivity index (χ2v) is 6.78. The fourth-order valence-corrected chi connectivity index (χ4v) is 2.50. The zero-order valence-electron chi connectivity index (χ0n) is 11.6. The molecule has 2 heterocycles. The minimum atomic E-state index is 0.141. The summed E-state index contributed by atoms with van der Waals surface area (Å²) >= 11 is 6.20. The van der Waals surface area contributed by atoms with Crippen molar-refractivity contribution in [2.75, 3.05) is 13.1 Å². The van der Waals surface area contributed by atoms with Gasteiger partial charge in [0.05, 0.1) is 5.02 Å². The van der Waals surface area contributed by atoms with E-state index in [9.17, 15) is 0 Å². The predicted octanol–water partition coefficient (Wildman–Crippen LogP) is 2.70. The van der Waals surface area contributed by atoms with Gasteiger partial charge in [-0.15, -0.1) is 0 Å². The highest BCUT2D eigenvalue weighted by molar-refractivity contribution is 6.31. The van der Waals surface area contributed by atoms with Gasteiger partial charge in [-0.1, -0.05) is 11.6 Å². The standard InChI is InChI=1S/C14H22ClN3/c1-13(2)10-18(14(3,4)9-17-13)8-11-5-6-16-7-12(11)15/h5-7,17H,8-10H2,1-4H3. The molecular weight excluding hydrogens is 246 g/mol. The Balaban J connectivity index is 2.18. The van der Waals surface area contributed by atoms with Crippen molar-refractivity contribution in [1.29, 1.82) is 0 Å². The zero-order chi connectivity index (χ0) is 13.4. The molecule has 1 aliphatic rings. The maximum absolute atomic E-state index is 6.20. The lowest BCUT2D eigenvalue weighted by Gasteiger charge is -2.49. The predicted molar refractivity (Wildman–Crippen MR) is 75.8 cm³/mol. The first kappa shape index (κ1) is 13.8. The van der Waals surface area contributed by atoms with Gasteiger partial charge in [0.1, 0.15) is 0 Å². The monoisotopic (exact) mass is 267 g/mol. The molecule has 0 radical (unpaired) electrons. The molecule has 0 unspecified atom stereocenters. The van der Waals surface area contributed by atoms with Crippen LogP contribution in [0.15, 0.2) is 18.5 Å². The van der Waals surface area contributed by atoms with E-state index in [1.807, 2.05) is 12.3 Å². The number of pyridine rings is 1. The molecule has 0 saturated carbocycles. The zero-order valence-corrected chi connectivity index (χ0v) is 12.4. The lowest BCUT2D eigenvalue weighted by atomic mass is 9.91. The first-order chi connectivity index (χ1) is 8.30. The normalized spacial score (nSPS) is 22.9. The van der Waals surface area contributed by atoms with E-state index in [2.05, 4.69) is 42.9 Å². The Morgan fingerprint density at radius 2 is 2.11 bits per heavy atom. The third-order valence-electron chi connectivity index (χ3n) is 3.66. The Morgan fingerprint density at radius 1 is 1.39 bits per heavy atom. The van der Waals surface area contributed by atoms with Crippen LogP contribution >= 0.6 is 11.6 Å². The SMILES string of the molecule is CC1(C)CN(Cc2ccncc2Cl)C(C)(C)CN1. The van der Waals surface area contributed by atoms with Crippen LogP contribution in [0.5, 0.6) is 0 Å². The third-order valence-corrected chi connectivity index (χ3v) is 4.00. The van der Waals surface area contributed by atoms with E-state index < -0.39 is 0 Å². The van der Waals surface area contributed by atoms with Crippen LogP contribution in [0.2, 0.25) is 5.02 Å². The molecule has 0 spiro atoms. The second-order valence-electron chi connectivity index (χ2n) is 6.37. The summed E-state index contributed by atoms with van der Waals surface area (Å²) in [6.07, 6.45) is 3.53. The Morgan fingerprint density at radius 3 is 2.78 bits per heavy atom. The molecule has 100 valence electrons. The first-order valence-electron chi connectivity index (χ1n) is 6.39. The van der Waals surface area contributed by atoms with Crippen molar-refractivity contribution in [1.82, 2.24) is 15.2 Å². The van der Waals surface area contributed by atoms with Crippen LogP contribution in [-0.4, -0.2) is 34.1 Å². The maximum atomic E-state index is 6.20. The van der Waals surface area contributed by atoms with E-state index in [0.717, 1.165) is 30.2 Å². The molecule has 2 rings (SSSR count). The number of hydrogen-bond donors (Lipinski definition) is 1. The van der Waals surface area contributed by atoms with Gasteiger partial charge in [0, 0.05) is 43.1 Å². The van der Waals surface area contributed by atoms with Crippen LogP contribution in [0.25, 0.3) is 0 Å². The van der Waals surface area contributed by atoms with Gasteiger partial charge in [0.25, 0.3) is 0 Å². The van der Waals surface area contributed by atoms with Gasteiger partial charge >= 0.3 is 0 Å². The number of halogens is 1. The topological polar surface area (TPSA) is 28.2 Å². The smallest absolute Gasteiger partial charge is 0.0634 e. The Bertz CT molecular complexity index is 429. The minimum Gasteiger partial charge on any atom is -0.309 e. The number of aromatic nitrogens is 1. The molecule has 1 aromatic heterocycles. The number of piperazine rings is 1. The van der Waals surface area contributed by atoms with E-state index in [1.165, 1.54) is 0 Å². The van der Waals surface area contributed by atoms with Gasteiger partial charge < -0.3 is 5.32 Å². The average Bonchev–Trinajstić information content (AvgIpc) is 2.27. The molecular formula is C14H22ClN3. The van der Waals surface area contributed by atoms with Crippen molar-refractivity contribution in [3.8, 4) is 0 Å². The Hall–Kier alpha value is -0.640. The average molecular weight is 268 g/mol. The molecule has 3 nitrogen and oxygen atoms in total. The first-order valence-corrected chi connectivity index (χ1v) is 6.76. The van der Waals surface area contributed by atoms with Crippen molar-refractivity contribution in [2.24, 2.45) is 0 Å². The van der Waals surface area contributed by atoms with Crippen molar-refractivity contribution in [3.63, 3.8) is 0 Å². The fourth-order valence-electron chi connectivity index (χ4n) is 2.32. The molecule has 1 fully saturated rings. The lowest BCUT2D eigenvalue weighted by molar-refractivity contribution is 0.0324. The van der Waals surface area contributed by atoms with E-state index in [1.54, 1.807) is 6.20 Å². The summed E-state index contributed by atoms with van der Waals surface area (Å²) in [6, 6.07) is 2.01. The number of rotatable bonds is 2. The van der Waals surface area contributed by atoms with Crippen LogP contribution < -0.4 is 5.32 Å². The summed E-state index contributed by atoms with van der Waals surface area (Å²) in [4.78, 5) is 6.53. The van der Waals surface area contributed by atoms with Crippen molar-refractivity contribution in [3.05, 3.63) is 29.0 Å². The van der Waals surface area contributed by atoms with Crippen molar-refractivity contribution in [2.45, 2.75) is 45.3 Å². The van der Waals surface area contributed by atoms with Crippen molar-refractivity contribution >= 4 is 11.6 Å². The van der Waals surface area contributed by atoms with Gasteiger partial charge in [-0.05, 0) is 39.3 Å². The van der Waals surface area contributed by atoms with Gasteiger partial charge in [-0.25, -0.2) is 0 Å². The highest BCUT2D eigenvalue weighted by Crippen LogP contribution is 2.27. The van der Waals surface area contributed by atoms with Crippen LogP contribution in [0.4, 0.5) is 0 Å². The molecule has 0 atom stereocenters. The fraction of sp³-hybridized carbons (Fsp3) is 0.643. The van der Waals surface area contributed by atoms with E-state index in [-0.39, 0.29) is 11.1 Å². The molecule has 1 saturated heterocycles. The molecule has 18 heavy (non-hydrogen) atoms. The molecule has 1 N–H and O–H groups in total. The van der Waals surface area contributed by atoms with E-state index in [0.29, 0.717) is 0 Å². The molecule has 0 aliphatic carbocycles. The number of hydrogen-bond acceptors (Lipinski definition) is 3. The third kappa shape index (κ3) is 3.02. The highest BCUT2D eigenvalue weighted by atomic mass is 35.5. The molecule has 0 bridgehead atoms. The summed E-state index contributed by atoms with van der Waals surface area (Å²) in [5, 5.41) is 4.35.